The molecule has 0 saturated heterocycles. The minimum atomic E-state index is -2.92. The topological polar surface area (TPSA) is 53.3 Å². The van der Waals surface area contributed by atoms with Crippen LogP contribution in [0.5, 0.6) is 11.5 Å². The van der Waals surface area contributed by atoms with E-state index in [0.29, 0.717) is 5.56 Å². The highest BCUT2D eigenvalue weighted by Gasteiger charge is 2.08. The van der Waals surface area contributed by atoms with Crippen LogP contribution in [0.2, 0.25) is 0 Å². The molecule has 0 unspecified atom stereocenters. The lowest BCUT2D eigenvalue weighted by Crippen LogP contribution is -2.02. The highest BCUT2D eigenvalue weighted by molar-refractivity contribution is 5.98. The van der Waals surface area contributed by atoms with Gasteiger partial charge in [-0.3, -0.25) is 0 Å². The van der Waals surface area contributed by atoms with E-state index in [1.165, 1.54) is 19.1 Å². The first kappa shape index (κ1) is 10.4. The Hall–Kier alpha value is -1.65. The molecule has 0 aliphatic carbocycles. The number of ether oxygens (including phenoxy) is 1. The second kappa shape index (κ2) is 4.04. The first-order chi connectivity index (χ1) is 6.50. The van der Waals surface area contributed by atoms with Crippen molar-refractivity contribution in [2.45, 2.75) is 13.5 Å². The zero-order chi connectivity index (χ0) is 10.7. The number of halogens is 2. The molecule has 0 aromatic heterocycles. The van der Waals surface area contributed by atoms with Crippen molar-refractivity contribution in [2.24, 2.45) is 0 Å². The summed E-state index contributed by atoms with van der Waals surface area (Å²) >= 11 is 0. The van der Waals surface area contributed by atoms with Crippen LogP contribution in [0.15, 0.2) is 18.2 Å². The molecule has 0 aliphatic rings. The molecule has 5 heteroatoms. The van der Waals surface area contributed by atoms with E-state index in [0.717, 1.165) is 6.07 Å². The van der Waals surface area contributed by atoms with Gasteiger partial charge in [0.05, 0.1) is 0 Å². The fourth-order valence-electron chi connectivity index (χ4n) is 1.00. The lowest BCUT2D eigenvalue weighted by Gasteiger charge is -2.07. The molecule has 2 N–H and O–H groups in total. The van der Waals surface area contributed by atoms with Crippen molar-refractivity contribution in [2.75, 3.05) is 0 Å². The second-order valence-electron chi connectivity index (χ2n) is 2.68. The van der Waals surface area contributed by atoms with Crippen LogP contribution in [0.1, 0.15) is 12.5 Å². The van der Waals surface area contributed by atoms with Crippen molar-refractivity contribution in [3.63, 3.8) is 0 Å². The molecule has 0 spiro atoms. The number of nitrogens with one attached hydrogen (secondary N) is 1. The third-order valence-corrected chi connectivity index (χ3v) is 1.60. The summed E-state index contributed by atoms with van der Waals surface area (Å²) in [5, 5.41) is 16.5. The van der Waals surface area contributed by atoms with Gasteiger partial charge in [0.2, 0.25) is 0 Å². The minimum absolute atomic E-state index is 0.123. The molecule has 1 rings (SSSR count). The first-order valence-electron chi connectivity index (χ1n) is 3.84. The fourth-order valence-corrected chi connectivity index (χ4v) is 1.00. The third-order valence-electron chi connectivity index (χ3n) is 1.60. The Morgan fingerprint density at radius 3 is 2.57 bits per heavy atom. The standard InChI is InChI=1S/C9H9F2NO2/c1-5(12)7-3-2-6(4-8(7)13)14-9(10)11/h2-4,9,12-13H,1H3. The molecular formula is C9H9F2NO2. The molecule has 76 valence electrons. The van der Waals surface area contributed by atoms with Crippen molar-refractivity contribution in [1.29, 1.82) is 5.41 Å². The Labute approximate surface area is 79.5 Å². The van der Waals surface area contributed by atoms with Crippen molar-refractivity contribution < 1.29 is 18.6 Å². The van der Waals surface area contributed by atoms with Crippen LogP contribution in [0, 0.1) is 5.41 Å². The summed E-state index contributed by atoms with van der Waals surface area (Å²) in [6.07, 6.45) is 0. The summed E-state index contributed by atoms with van der Waals surface area (Å²) in [5.41, 5.74) is 0.456. The lowest BCUT2D eigenvalue weighted by atomic mass is 10.1. The number of rotatable bonds is 3. The molecular weight excluding hydrogens is 192 g/mol. The van der Waals surface area contributed by atoms with Gasteiger partial charge < -0.3 is 15.3 Å². The van der Waals surface area contributed by atoms with Crippen LogP contribution in [0.25, 0.3) is 0 Å². The Kier molecular flexibility index (Phi) is 3.01. The number of alkyl halides is 2. The summed E-state index contributed by atoms with van der Waals surface area (Å²) < 4.78 is 27.6. The van der Waals surface area contributed by atoms with Crippen LogP contribution in [0.3, 0.4) is 0 Å². The van der Waals surface area contributed by atoms with E-state index in [1.807, 2.05) is 0 Å². The zero-order valence-corrected chi connectivity index (χ0v) is 7.42. The average Bonchev–Trinajstić information content (AvgIpc) is 2.01. The maximum Gasteiger partial charge on any atom is 0.387 e. The highest BCUT2D eigenvalue weighted by atomic mass is 19.3. The van der Waals surface area contributed by atoms with Gasteiger partial charge in [-0.1, -0.05) is 0 Å². The molecule has 0 heterocycles. The van der Waals surface area contributed by atoms with Gasteiger partial charge in [-0.05, 0) is 19.1 Å². The maximum absolute atomic E-state index is 11.8. The molecule has 0 aliphatic heterocycles. The second-order valence-corrected chi connectivity index (χ2v) is 2.68. The van der Waals surface area contributed by atoms with E-state index in [-0.39, 0.29) is 17.2 Å². The molecule has 0 atom stereocenters. The molecule has 0 fully saturated rings. The SMILES string of the molecule is CC(=N)c1ccc(OC(F)F)cc1O. The predicted molar refractivity (Wildman–Crippen MR) is 47.2 cm³/mol. The smallest absolute Gasteiger partial charge is 0.387 e. The van der Waals surface area contributed by atoms with Crippen molar-refractivity contribution in [1.82, 2.24) is 0 Å². The van der Waals surface area contributed by atoms with E-state index in [1.54, 1.807) is 0 Å². The van der Waals surface area contributed by atoms with E-state index in [4.69, 9.17) is 5.41 Å². The molecule has 0 bridgehead atoms. The summed E-state index contributed by atoms with van der Waals surface area (Å²) in [5.74, 6) is -0.363. The number of aromatic hydroxyl groups is 1. The van der Waals surface area contributed by atoms with E-state index in [2.05, 4.69) is 4.74 Å². The molecule has 3 nitrogen and oxygen atoms in total. The van der Waals surface area contributed by atoms with Gasteiger partial charge in [-0.15, -0.1) is 0 Å². The monoisotopic (exact) mass is 201 g/mol. The summed E-state index contributed by atoms with van der Waals surface area (Å²) in [7, 11) is 0. The predicted octanol–water partition coefficient (Wildman–Crippen LogP) is 2.38. The minimum Gasteiger partial charge on any atom is -0.507 e. The number of hydrogen-bond acceptors (Lipinski definition) is 3. The lowest BCUT2D eigenvalue weighted by molar-refractivity contribution is -0.0499. The largest absolute Gasteiger partial charge is 0.507 e. The number of hydrogen-bond donors (Lipinski definition) is 2. The molecule has 14 heavy (non-hydrogen) atoms. The Bertz CT molecular complexity index is 353. The van der Waals surface area contributed by atoms with Gasteiger partial charge in [-0.2, -0.15) is 8.78 Å². The Morgan fingerprint density at radius 1 is 1.50 bits per heavy atom. The Morgan fingerprint density at radius 2 is 2.14 bits per heavy atom. The quantitative estimate of drug-likeness (QED) is 0.737. The van der Waals surface area contributed by atoms with Gasteiger partial charge in [-0.25, -0.2) is 0 Å². The first-order valence-corrected chi connectivity index (χ1v) is 3.84. The average molecular weight is 201 g/mol. The van der Waals surface area contributed by atoms with Crippen molar-refractivity contribution in [3.05, 3.63) is 23.8 Å². The van der Waals surface area contributed by atoms with E-state index < -0.39 is 6.61 Å². The van der Waals surface area contributed by atoms with Crippen LogP contribution < -0.4 is 4.74 Å². The van der Waals surface area contributed by atoms with Crippen LogP contribution >= 0.6 is 0 Å². The zero-order valence-electron chi connectivity index (χ0n) is 7.42. The molecule has 0 saturated carbocycles. The third kappa shape index (κ3) is 2.42. The normalized spacial score (nSPS) is 10.3. The molecule has 1 aromatic rings. The molecule has 0 amide bonds. The van der Waals surface area contributed by atoms with Gasteiger partial charge in [0.1, 0.15) is 11.5 Å². The highest BCUT2D eigenvalue weighted by Crippen LogP contribution is 2.24. The van der Waals surface area contributed by atoms with E-state index >= 15 is 0 Å². The number of phenolic OH excluding ortho intramolecular Hbond substituents is 1. The summed E-state index contributed by atoms with van der Waals surface area (Å²) in [6, 6.07) is 3.69. The summed E-state index contributed by atoms with van der Waals surface area (Å²) in [4.78, 5) is 0. The van der Waals surface area contributed by atoms with Gasteiger partial charge in [0.15, 0.2) is 0 Å². The van der Waals surface area contributed by atoms with Crippen LogP contribution in [0.4, 0.5) is 8.78 Å². The molecule has 1 aromatic carbocycles. The van der Waals surface area contributed by atoms with Crippen LogP contribution in [-0.4, -0.2) is 17.4 Å². The summed E-state index contributed by atoms with van der Waals surface area (Å²) in [6.45, 7) is -1.43. The van der Waals surface area contributed by atoms with E-state index in [9.17, 15) is 13.9 Å². The van der Waals surface area contributed by atoms with Crippen molar-refractivity contribution in [3.8, 4) is 11.5 Å². The maximum atomic E-state index is 11.8. The van der Waals surface area contributed by atoms with Crippen molar-refractivity contribution >= 4 is 5.71 Å². The fraction of sp³-hybridized carbons (Fsp3) is 0.222. The molecule has 0 radical (unpaired) electrons. The Balaban J connectivity index is 2.94. The van der Waals surface area contributed by atoms with Gasteiger partial charge in [0, 0.05) is 17.3 Å². The van der Waals surface area contributed by atoms with Gasteiger partial charge >= 0.3 is 6.61 Å². The number of phenols is 1. The van der Waals surface area contributed by atoms with Crippen LogP contribution in [-0.2, 0) is 0 Å². The number of benzene rings is 1. The van der Waals surface area contributed by atoms with Gasteiger partial charge in [0.25, 0.3) is 0 Å².